The van der Waals surface area contributed by atoms with Crippen LogP contribution >= 0.6 is 11.3 Å². The number of rotatable bonds is 4. The van der Waals surface area contributed by atoms with Crippen molar-refractivity contribution in [3.63, 3.8) is 0 Å². The molecule has 7 heteroatoms. The number of nitrogens with zero attached hydrogens (tertiary/aromatic N) is 2. The number of carbonyl (C=O) groups is 1. The van der Waals surface area contributed by atoms with E-state index in [-0.39, 0.29) is 9.88 Å². The van der Waals surface area contributed by atoms with Gasteiger partial charge in [0.15, 0.2) is 5.78 Å². The fraction of sp³-hybridized carbons (Fsp3) is 0.0769. The van der Waals surface area contributed by atoms with Crippen LogP contribution in [0.1, 0.15) is 21.2 Å². The summed E-state index contributed by atoms with van der Waals surface area (Å²) >= 11 is 0.717. The van der Waals surface area contributed by atoms with Crippen LogP contribution in [-0.4, -0.2) is 10.7 Å². The second-order valence-corrected chi connectivity index (χ2v) is 4.94. The first-order valence-electron chi connectivity index (χ1n) is 5.46. The van der Waals surface area contributed by atoms with Gasteiger partial charge in [0.05, 0.1) is 15.9 Å². The van der Waals surface area contributed by atoms with E-state index in [1.165, 1.54) is 24.3 Å². The van der Waals surface area contributed by atoms with Gasteiger partial charge in [-0.2, -0.15) is 5.26 Å². The number of Topliss-reactive ketones (excluding diaryl/α,β-unsaturated/α-hetero) is 1. The van der Waals surface area contributed by atoms with Crippen molar-refractivity contribution < 1.29 is 14.1 Å². The van der Waals surface area contributed by atoms with Crippen LogP contribution in [0.3, 0.4) is 0 Å². The molecule has 1 aromatic heterocycles. The minimum atomic E-state index is -1.10. The van der Waals surface area contributed by atoms with Gasteiger partial charge in [0.25, 0.3) is 0 Å². The normalized spacial score (nSPS) is 11.6. The van der Waals surface area contributed by atoms with Crippen molar-refractivity contribution in [1.82, 2.24) is 0 Å². The van der Waals surface area contributed by atoms with Gasteiger partial charge in [0.2, 0.25) is 0 Å². The number of ketones is 1. The Morgan fingerprint density at radius 3 is 2.45 bits per heavy atom. The van der Waals surface area contributed by atoms with Gasteiger partial charge < -0.3 is 0 Å². The zero-order chi connectivity index (χ0) is 14.7. The number of nitro groups is 1. The molecule has 1 atom stereocenters. The Morgan fingerprint density at radius 1 is 1.30 bits per heavy atom. The Balaban J connectivity index is 2.31. The Morgan fingerprint density at radius 2 is 1.95 bits per heavy atom. The predicted octanol–water partition coefficient (Wildman–Crippen LogP) is 3.29. The minimum Gasteiger partial charge on any atom is -0.291 e. The van der Waals surface area contributed by atoms with Gasteiger partial charge in [0, 0.05) is 6.07 Å². The van der Waals surface area contributed by atoms with Crippen LogP contribution in [0.4, 0.5) is 9.39 Å². The summed E-state index contributed by atoms with van der Waals surface area (Å²) in [7, 11) is 0. The first-order valence-corrected chi connectivity index (χ1v) is 6.28. The second kappa shape index (κ2) is 5.59. The fourth-order valence-electron chi connectivity index (χ4n) is 1.64. The lowest BCUT2D eigenvalue weighted by molar-refractivity contribution is -0.380. The minimum absolute atomic E-state index is 0.132. The molecule has 0 fully saturated rings. The zero-order valence-corrected chi connectivity index (χ0v) is 10.8. The SMILES string of the molecule is N#CC(C(=O)c1ccc([N+](=O)[O-])s1)c1ccc(F)cc1. The molecule has 2 aromatic rings. The number of hydrogen-bond acceptors (Lipinski definition) is 5. The standard InChI is InChI=1S/C13H7FN2O3S/c14-9-3-1-8(2-4-9)10(7-15)13(17)11-5-6-12(20-11)16(18)19/h1-6,10H. The molecular weight excluding hydrogens is 283 g/mol. The van der Waals surface area contributed by atoms with E-state index in [9.17, 15) is 19.3 Å². The van der Waals surface area contributed by atoms with Crippen LogP contribution < -0.4 is 0 Å². The smallest absolute Gasteiger partial charge is 0.291 e. The molecule has 20 heavy (non-hydrogen) atoms. The highest BCUT2D eigenvalue weighted by Gasteiger charge is 2.25. The van der Waals surface area contributed by atoms with E-state index in [1.807, 2.05) is 6.07 Å². The first-order chi connectivity index (χ1) is 9.52. The van der Waals surface area contributed by atoms with Crippen LogP contribution in [0.2, 0.25) is 0 Å². The molecule has 0 saturated heterocycles. The second-order valence-electron chi connectivity index (χ2n) is 3.87. The number of nitriles is 1. The van der Waals surface area contributed by atoms with E-state index in [1.54, 1.807) is 0 Å². The largest absolute Gasteiger partial charge is 0.324 e. The first kappa shape index (κ1) is 13.8. The number of thiophene rings is 1. The molecule has 0 spiro atoms. The van der Waals surface area contributed by atoms with E-state index in [4.69, 9.17) is 5.26 Å². The van der Waals surface area contributed by atoms with Gasteiger partial charge >= 0.3 is 5.00 Å². The Bertz CT molecular complexity index is 703. The lowest BCUT2D eigenvalue weighted by Gasteiger charge is -2.06. The van der Waals surface area contributed by atoms with Crippen LogP contribution in [0.15, 0.2) is 36.4 Å². The molecule has 1 heterocycles. The van der Waals surface area contributed by atoms with Crippen molar-refractivity contribution in [3.8, 4) is 6.07 Å². The number of carbonyl (C=O) groups excluding carboxylic acids is 1. The van der Waals surface area contributed by atoms with Crippen LogP contribution in [-0.2, 0) is 0 Å². The Hall–Kier alpha value is -2.59. The maximum absolute atomic E-state index is 12.8. The van der Waals surface area contributed by atoms with Crippen LogP contribution in [0.25, 0.3) is 0 Å². The third-order valence-corrected chi connectivity index (χ3v) is 3.66. The number of hydrogen-bond donors (Lipinski definition) is 0. The third-order valence-electron chi connectivity index (χ3n) is 2.61. The molecule has 0 radical (unpaired) electrons. The molecule has 1 unspecified atom stereocenters. The summed E-state index contributed by atoms with van der Waals surface area (Å²) in [5.74, 6) is -2.10. The highest BCUT2D eigenvalue weighted by molar-refractivity contribution is 7.17. The Kier molecular flexibility index (Phi) is 3.86. The summed E-state index contributed by atoms with van der Waals surface area (Å²) in [6.07, 6.45) is 0. The summed E-state index contributed by atoms with van der Waals surface area (Å²) in [5, 5.41) is 19.5. The summed E-state index contributed by atoms with van der Waals surface area (Å²) < 4.78 is 12.8. The van der Waals surface area contributed by atoms with Gasteiger partial charge in [-0.05, 0) is 23.8 Å². The molecule has 5 nitrogen and oxygen atoms in total. The van der Waals surface area contributed by atoms with Gasteiger partial charge in [-0.1, -0.05) is 23.5 Å². The molecule has 1 aromatic carbocycles. The van der Waals surface area contributed by atoms with E-state index < -0.39 is 22.4 Å². The summed E-state index contributed by atoms with van der Waals surface area (Å²) in [4.78, 5) is 22.3. The number of halogens is 1. The third kappa shape index (κ3) is 2.70. The highest BCUT2D eigenvalue weighted by atomic mass is 32.1. The predicted molar refractivity (Wildman–Crippen MR) is 70.1 cm³/mol. The van der Waals surface area contributed by atoms with E-state index in [0.29, 0.717) is 16.9 Å². The van der Waals surface area contributed by atoms with E-state index in [0.717, 1.165) is 12.1 Å². The van der Waals surface area contributed by atoms with Gasteiger partial charge in [0.1, 0.15) is 11.7 Å². The molecule has 0 aliphatic rings. The lowest BCUT2D eigenvalue weighted by atomic mass is 9.95. The Labute approximate surface area is 117 Å². The molecule has 100 valence electrons. The van der Waals surface area contributed by atoms with Crippen LogP contribution in [0, 0.1) is 27.3 Å². The summed E-state index contributed by atoms with van der Waals surface area (Å²) in [6.45, 7) is 0. The quantitative estimate of drug-likeness (QED) is 0.491. The van der Waals surface area contributed by atoms with Gasteiger partial charge in [-0.25, -0.2) is 4.39 Å². The molecule has 0 N–H and O–H groups in total. The maximum atomic E-state index is 12.8. The summed E-state index contributed by atoms with van der Waals surface area (Å²) in [5.41, 5.74) is 0.356. The van der Waals surface area contributed by atoms with Gasteiger partial charge in [-0.3, -0.25) is 14.9 Å². The molecule has 0 aliphatic heterocycles. The molecular formula is C13H7FN2O3S. The topological polar surface area (TPSA) is 84.0 Å². The van der Waals surface area contributed by atoms with Crippen molar-refractivity contribution in [3.05, 3.63) is 62.8 Å². The monoisotopic (exact) mass is 290 g/mol. The van der Waals surface area contributed by atoms with Crippen molar-refractivity contribution in [2.75, 3.05) is 0 Å². The average molecular weight is 290 g/mol. The molecule has 0 bridgehead atoms. The van der Waals surface area contributed by atoms with Gasteiger partial charge in [-0.15, -0.1) is 0 Å². The van der Waals surface area contributed by atoms with Crippen molar-refractivity contribution >= 4 is 22.1 Å². The van der Waals surface area contributed by atoms with Crippen molar-refractivity contribution in [2.24, 2.45) is 0 Å². The molecule has 0 aliphatic carbocycles. The van der Waals surface area contributed by atoms with E-state index >= 15 is 0 Å². The van der Waals surface area contributed by atoms with Crippen LogP contribution in [0.5, 0.6) is 0 Å². The van der Waals surface area contributed by atoms with E-state index in [2.05, 4.69) is 0 Å². The lowest BCUT2D eigenvalue weighted by Crippen LogP contribution is -2.09. The van der Waals surface area contributed by atoms with Crippen molar-refractivity contribution in [2.45, 2.75) is 5.92 Å². The number of benzene rings is 1. The highest BCUT2D eigenvalue weighted by Crippen LogP contribution is 2.29. The molecule has 0 amide bonds. The summed E-state index contributed by atoms with van der Waals surface area (Å²) in [6, 6.07) is 9.39. The fourth-order valence-corrected chi connectivity index (χ4v) is 2.43. The zero-order valence-electron chi connectivity index (χ0n) is 9.95. The van der Waals surface area contributed by atoms with Crippen molar-refractivity contribution in [1.29, 1.82) is 5.26 Å². The maximum Gasteiger partial charge on any atom is 0.324 e. The molecule has 0 saturated carbocycles. The molecule has 2 rings (SSSR count). The average Bonchev–Trinajstić information content (AvgIpc) is 2.91.